The third-order valence-corrected chi connectivity index (χ3v) is 3.73. The number of aryl methyl sites for hydroxylation is 2. The number of aromatic carboxylic acids is 1. The summed E-state index contributed by atoms with van der Waals surface area (Å²) in [5.74, 6) is -1.94. The number of hydrogen-bond acceptors (Lipinski definition) is 3. The van der Waals surface area contributed by atoms with E-state index in [-0.39, 0.29) is 16.5 Å². The molecule has 3 rings (SSSR count). The first-order valence-electron chi connectivity index (χ1n) is 7.02. The summed E-state index contributed by atoms with van der Waals surface area (Å²) in [6.07, 6.45) is 2.98. The molecule has 0 aliphatic rings. The Balaban J connectivity index is 2.38. The molecule has 1 aromatic carbocycles. The maximum absolute atomic E-state index is 14.4. The fourth-order valence-electron chi connectivity index (χ4n) is 2.58. The van der Waals surface area contributed by atoms with Crippen molar-refractivity contribution < 1.29 is 14.3 Å². The van der Waals surface area contributed by atoms with Crippen LogP contribution in [0.3, 0.4) is 0 Å². The minimum Gasteiger partial charge on any atom is -0.477 e. The summed E-state index contributed by atoms with van der Waals surface area (Å²) in [5, 5.41) is 13.3. The van der Waals surface area contributed by atoms with Crippen molar-refractivity contribution in [2.75, 3.05) is 0 Å². The van der Waals surface area contributed by atoms with Crippen LogP contribution in [0.1, 0.15) is 17.3 Å². The second kappa shape index (κ2) is 5.35. The zero-order valence-corrected chi connectivity index (χ0v) is 12.6. The molecular formula is C16H14FN3O3. The molecule has 0 fully saturated rings. The van der Waals surface area contributed by atoms with Gasteiger partial charge in [-0.1, -0.05) is 0 Å². The predicted octanol–water partition coefficient (Wildman–Crippen LogP) is 2.26. The molecule has 0 aliphatic carbocycles. The first-order chi connectivity index (χ1) is 10.9. The number of halogens is 1. The summed E-state index contributed by atoms with van der Waals surface area (Å²) in [6, 6.07) is 4.29. The van der Waals surface area contributed by atoms with Gasteiger partial charge in [0.1, 0.15) is 11.4 Å². The van der Waals surface area contributed by atoms with Gasteiger partial charge in [0.05, 0.1) is 11.2 Å². The van der Waals surface area contributed by atoms with Gasteiger partial charge in [-0.3, -0.25) is 9.48 Å². The van der Waals surface area contributed by atoms with Crippen LogP contribution in [-0.4, -0.2) is 25.4 Å². The van der Waals surface area contributed by atoms with Gasteiger partial charge in [0.25, 0.3) is 0 Å². The molecule has 7 heteroatoms. The second-order valence-electron chi connectivity index (χ2n) is 5.19. The lowest BCUT2D eigenvalue weighted by Gasteiger charge is -2.11. The van der Waals surface area contributed by atoms with Gasteiger partial charge in [0, 0.05) is 36.9 Å². The van der Waals surface area contributed by atoms with Crippen molar-refractivity contribution in [3.63, 3.8) is 0 Å². The Hall–Kier alpha value is -2.96. The number of carbonyl (C=O) groups is 1. The van der Waals surface area contributed by atoms with Crippen molar-refractivity contribution >= 4 is 16.9 Å². The van der Waals surface area contributed by atoms with Crippen LogP contribution in [0.25, 0.3) is 22.2 Å². The zero-order chi connectivity index (χ0) is 16.7. The summed E-state index contributed by atoms with van der Waals surface area (Å²) in [4.78, 5) is 23.5. The topological polar surface area (TPSA) is 77.1 Å². The lowest BCUT2D eigenvalue weighted by atomic mass is 10.1. The maximum Gasteiger partial charge on any atom is 0.341 e. The van der Waals surface area contributed by atoms with E-state index in [2.05, 4.69) is 5.10 Å². The molecule has 0 radical (unpaired) electrons. The molecule has 0 unspecified atom stereocenters. The quantitative estimate of drug-likeness (QED) is 0.804. The van der Waals surface area contributed by atoms with Gasteiger partial charge in [-0.05, 0) is 25.1 Å². The molecule has 0 aliphatic heterocycles. The highest BCUT2D eigenvalue weighted by molar-refractivity contribution is 5.93. The van der Waals surface area contributed by atoms with Crippen LogP contribution in [0.15, 0.2) is 35.4 Å². The molecular weight excluding hydrogens is 301 g/mol. The second-order valence-corrected chi connectivity index (χ2v) is 5.19. The monoisotopic (exact) mass is 315 g/mol. The fourth-order valence-corrected chi connectivity index (χ4v) is 2.58. The van der Waals surface area contributed by atoms with E-state index >= 15 is 0 Å². The first-order valence-corrected chi connectivity index (χ1v) is 7.02. The van der Waals surface area contributed by atoms with E-state index in [1.54, 1.807) is 28.6 Å². The van der Waals surface area contributed by atoms with Gasteiger partial charge in [-0.25, -0.2) is 9.18 Å². The van der Waals surface area contributed by atoms with E-state index in [9.17, 15) is 14.0 Å². The molecule has 23 heavy (non-hydrogen) atoms. The minimum atomic E-state index is -1.33. The molecule has 2 heterocycles. The van der Waals surface area contributed by atoms with Crippen molar-refractivity contribution in [3.8, 4) is 11.3 Å². The van der Waals surface area contributed by atoms with Gasteiger partial charge in [-0.15, -0.1) is 0 Å². The number of carboxylic acid groups (broad SMARTS) is 1. The highest BCUT2D eigenvalue weighted by atomic mass is 19.1. The predicted molar refractivity (Wildman–Crippen MR) is 83.0 cm³/mol. The molecule has 0 amide bonds. The third-order valence-electron chi connectivity index (χ3n) is 3.73. The van der Waals surface area contributed by atoms with E-state index in [0.29, 0.717) is 17.8 Å². The van der Waals surface area contributed by atoms with Crippen molar-refractivity contribution in [3.05, 3.63) is 52.2 Å². The number of pyridine rings is 1. The molecule has 2 aromatic heterocycles. The summed E-state index contributed by atoms with van der Waals surface area (Å²) in [6.45, 7) is 2.27. The van der Waals surface area contributed by atoms with E-state index in [4.69, 9.17) is 5.11 Å². The average Bonchev–Trinajstić information content (AvgIpc) is 2.93. The summed E-state index contributed by atoms with van der Waals surface area (Å²) >= 11 is 0. The highest BCUT2D eigenvalue weighted by Crippen LogP contribution is 2.25. The van der Waals surface area contributed by atoms with Gasteiger partial charge < -0.3 is 9.67 Å². The Morgan fingerprint density at radius 1 is 1.39 bits per heavy atom. The lowest BCUT2D eigenvalue weighted by molar-refractivity contribution is 0.0695. The van der Waals surface area contributed by atoms with Gasteiger partial charge in [0.15, 0.2) is 0 Å². The van der Waals surface area contributed by atoms with Crippen LogP contribution in [0.4, 0.5) is 4.39 Å². The van der Waals surface area contributed by atoms with E-state index in [0.717, 1.165) is 6.07 Å². The van der Waals surface area contributed by atoms with Gasteiger partial charge in [-0.2, -0.15) is 5.10 Å². The Kier molecular flexibility index (Phi) is 3.48. The first kappa shape index (κ1) is 15.0. The molecule has 6 nitrogen and oxygen atoms in total. The smallest absolute Gasteiger partial charge is 0.341 e. The molecule has 0 atom stereocenters. The Bertz CT molecular complexity index is 988. The average molecular weight is 315 g/mol. The fraction of sp³-hybridized carbons (Fsp3) is 0.188. The van der Waals surface area contributed by atoms with Crippen molar-refractivity contribution in [1.82, 2.24) is 14.3 Å². The Labute approximate surface area is 130 Å². The Morgan fingerprint density at radius 2 is 2.13 bits per heavy atom. The van der Waals surface area contributed by atoms with E-state index < -0.39 is 17.2 Å². The molecule has 1 N–H and O–H groups in total. The molecule has 3 aromatic rings. The van der Waals surface area contributed by atoms with Crippen molar-refractivity contribution in [2.45, 2.75) is 13.5 Å². The number of carboxylic acids is 1. The zero-order valence-electron chi connectivity index (χ0n) is 12.6. The van der Waals surface area contributed by atoms with Crippen LogP contribution in [0.2, 0.25) is 0 Å². The molecule has 118 valence electrons. The highest BCUT2D eigenvalue weighted by Gasteiger charge is 2.17. The standard InChI is InChI=1S/C16H14FN3O3/c1-3-20-8-11(16(22)23)15(21)10-6-12(17)9(7-14(10)20)13-4-5-19(2)18-13/h4-8H,3H2,1-2H3,(H,22,23). The Morgan fingerprint density at radius 3 is 2.70 bits per heavy atom. The summed E-state index contributed by atoms with van der Waals surface area (Å²) in [7, 11) is 1.73. The van der Waals surface area contributed by atoms with Crippen LogP contribution in [0, 0.1) is 5.82 Å². The van der Waals surface area contributed by atoms with Gasteiger partial charge in [0.2, 0.25) is 5.43 Å². The van der Waals surface area contributed by atoms with E-state index in [1.165, 1.54) is 12.3 Å². The molecule has 0 spiro atoms. The number of rotatable bonds is 3. The molecule has 0 saturated carbocycles. The summed E-state index contributed by atoms with van der Waals surface area (Å²) in [5.41, 5.74) is 0.129. The molecule has 0 bridgehead atoms. The SMILES string of the molecule is CCn1cc(C(=O)O)c(=O)c2cc(F)c(-c3ccn(C)n3)cc21. The van der Waals surface area contributed by atoms with Crippen LogP contribution >= 0.6 is 0 Å². The van der Waals surface area contributed by atoms with Crippen LogP contribution < -0.4 is 5.43 Å². The number of benzene rings is 1. The number of hydrogen-bond donors (Lipinski definition) is 1. The number of nitrogens with zero attached hydrogens (tertiary/aromatic N) is 3. The largest absolute Gasteiger partial charge is 0.477 e. The van der Waals surface area contributed by atoms with E-state index in [1.807, 2.05) is 6.92 Å². The minimum absolute atomic E-state index is 0.0453. The lowest BCUT2D eigenvalue weighted by Crippen LogP contribution is -2.19. The van der Waals surface area contributed by atoms with Crippen LogP contribution in [-0.2, 0) is 13.6 Å². The maximum atomic E-state index is 14.4. The number of fused-ring (bicyclic) bond motifs is 1. The number of aromatic nitrogens is 3. The molecule has 0 saturated heterocycles. The van der Waals surface area contributed by atoms with Crippen molar-refractivity contribution in [2.24, 2.45) is 7.05 Å². The van der Waals surface area contributed by atoms with Crippen molar-refractivity contribution in [1.29, 1.82) is 0 Å². The third kappa shape index (κ3) is 2.40. The van der Waals surface area contributed by atoms with Gasteiger partial charge >= 0.3 is 5.97 Å². The summed E-state index contributed by atoms with van der Waals surface area (Å²) < 4.78 is 17.6. The van der Waals surface area contributed by atoms with Crippen LogP contribution in [0.5, 0.6) is 0 Å². The normalized spacial score (nSPS) is 11.1.